The number of rotatable bonds is 4. The number of halogens is 1. The Hall–Kier alpha value is -1.29. The molecule has 0 saturated heterocycles. The summed E-state index contributed by atoms with van der Waals surface area (Å²) >= 11 is 3.48. The van der Waals surface area contributed by atoms with Gasteiger partial charge in [-0.05, 0) is 37.5 Å². The van der Waals surface area contributed by atoms with Crippen LogP contribution in [0.25, 0.3) is 0 Å². The summed E-state index contributed by atoms with van der Waals surface area (Å²) in [6.45, 7) is 2.92. The van der Waals surface area contributed by atoms with Crippen molar-refractivity contribution in [3.8, 4) is 0 Å². The standard InChI is InChI=1S/C16H20BrN3/c1-12-10-20(11-13-6-8-14(17)9-7-13)16(18-12)19-15-4-2-3-5-15/h6-10,15H,2-5,11H2,1H3,(H,18,19). The molecule has 1 fully saturated rings. The molecule has 0 bridgehead atoms. The van der Waals surface area contributed by atoms with Crippen LogP contribution in [-0.4, -0.2) is 15.6 Å². The molecule has 1 aliphatic rings. The lowest BCUT2D eigenvalue weighted by molar-refractivity contribution is 0.716. The maximum Gasteiger partial charge on any atom is 0.203 e. The third kappa shape index (κ3) is 3.23. The molecule has 3 rings (SSSR count). The Morgan fingerprint density at radius 2 is 1.95 bits per heavy atom. The Kier molecular flexibility index (Phi) is 4.10. The van der Waals surface area contributed by atoms with Gasteiger partial charge in [0, 0.05) is 16.7 Å². The molecule has 0 aliphatic heterocycles. The van der Waals surface area contributed by atoms with E-state index in [1.807, 2.05) is 0 Å². The van der Waals surface area contributed by atoms with Crippen LogP contribution in [0.1, 0.15) is 36.9 Å². The summed E-state index contributed by atoms with van der Waals surface area (Å²) in [6.07, 6.45) is 7.34. The lowest BCUT2D eigenvalue weighted by atomic mass is 10.2. The summed E-state index contributed by atoms with van der Waals surface area (Å²) in [6, 6.07) is 9.07. The summed E-state index contributed by atoms with van der Waals surface area (Å²) in [7, 11) is 0. The number of imidazole rings is 1. The molecule has 0 radical (unpaired) electrons. The quantitative estimate of drug-likeness (QED) is 0.900. The Bertz CT molecular complexity index is 568. The van der Waals surface area contributed by atoms with E-state index in [0.29, 0.717) is 6.04 Å². The van der Waals surface area contributed by atoms with Gasteiger partial charge in [0.05, 0.1) is 12.2 Å². The molecule has 1 N–H and O–H groups in total. The van der Waals surface area contributed by atoms with Crippen molar-refractivity contribution in [3.05, 3.63) is 46.2 Å². The molecule has 4 heteroatoms. The van der Waals surface area contributed by atoms with E-state index in [4.69, 9.17) is 0 Å². The number of benzene rings is 1. The molecule has 1 aliphatic carbocycles. The number of nitrogens with one attached hydrogen (secondary N) is 1. The van der Waals surface area contributed by atoms with Crippen LogP contribution in [0.3, 0.4) is 0 Å². The molecule has 3 nitrogen and oxygen atoms in total. The van der Waals surface area contributed by atoms with Crippen LogP contribution in [-0.2, 0) is 6.54 Å². The highest BCUT2D eigenvalue weighted by molar-refractivity contribution is 9.10. The third-order valence-electron chi connectivity index (χ3n) is 3.85. The highest BCUT2D eigenvalue weighted by Crippen LogP contribution is 2.22. The van der Waals surface area contributed by atoms with Crippen molar-refractivity contribution in [2.24, 2.45) is 0 Å². The second-order valence-corrected chi connectivity index (χ2v) is 6.50. The minimum atomic E-state index is 0.598. The Morgan fingerprint density at radius 1 is 1.25 bits per heavy atom. The van der Waals surface area contributed by atoms with E-state index in [2.05, 4.69) is 68.2 Å². The molecule has 0 amide bonds. The van der Waals surface area contributed by atoms with Crippen molar-refractivity contribution < 1.29 is 0 Å². The van der Waals surface area contributed by atoms with Crippen LogP contribution in [0.4, 0.5) is 5.95 Å². The molecular formula is C16H20BrN3. The number of aromatic nitrogens is 2. The van der Waals surface area contributed by atoms with E-state index in [-0.39, 0.29) is 0 Å². The van der Waals surface area contributed by atoms with Gasteiger partial charge in [-0.1, -0.05) is 40.9 Å². The van der Waals surface area contributed by atoms with E-state index in [0.717, 1.165) is 22.7 Å². The minimum Gasteiger partial charge on any atom is -0.353 e. The lowest BCUT2D eigenvalue weighted by Gasteiger charge is -2.14. The Balaban J connectivity index is 1.76. The average Bonchev–Trinajstić information content (AvgIpc) is 3.03. The zero-order valence-corrected chi connectivity index (χ0v) is 13.4. The third-order valence-corrected chi connectivity index (χ3v) is 4.38. The second kappa shape index (κ2) is 6.00. The number of nitrogens with zero attached hydrogens (tertiary/aromatic N) is 2. The van der Waals surface area contributed by atoms with Crippen LogP contribution < -0.4 is 5.32 Å². The number of hydrogen-bond donors (Lipinski definition) is 1. The van der Waals surface area contributed by atoms with E-state index in [1.54, 1.807) is 0 Å². The van der Waals surface area contributed by atoms with Crippen molar-refractivity contribution in [2.45, 2.75) is 45.2 Å². The molecule has 1 saturated carbocycles. The van der Waals surface area contributed by atoms with Gasteiger partial charge < -0.3 is 9.88 Å². The van der Waals surface area contributed by atoms with Gasteiger partial charge in [0.15, 0.2) is 0 Å². The smallest absolute Gasteiger partial charge is 0.203 e. The van der Waals surface area contributed by atoms with Gasteiger partial charge >= 0.3 is 0 Å². The monoisotopic (exact) mass is 333 g/mol. The van der Waals surface area contributed by atoms with Crippen molar-refractivity contribution in [2.75, 3.05) is 5.32 Å². The van der Waals surface area contributed by atoms with Gasteiger partial charge in [0.1, 0.15) is 0 Å². The summed E-state index contributed by atoms with van der Waals surface area (Å²) in [4.78, 5) is 4.63. The predicted molar refractivity (Wildman–Crippen MR) is 86.1 cm³/mol. The molecular weight excluding hydrogens is 314 g/mol. The zero-order valence-electron chi connectivity index (χ0n) is 11.8. The highest BCUT2D eigenvalue weighted by atomic mass is 79.9. The van der Waals surface area contributed by atoms with Crippen LogP contribution in [0.5, 0.6) is 0 Å². The Morgan fingerprint density at radius 3 is 2.65 bits per heavy atom. The molecule has 1 aromatic carbocycles. The van der Waals surface area contributed by atoms with Gasteiger partial charge in [-0.2, -0.15) is 0 Å². The lowest BCUT2D eigenvalue weighted by Crippen LogP contribution is -2.18. The van der Waals surface area contributed by atoms with Gasteiger partial charge in [0.2, 0.25) is 5.95 Å². The van der Waals surface area contributed by atoms with E-state index in [9.17, 15) is 0 Å². The molecule has 0 unspecified atom stereocenters. The van der Waals surface area contributed by atoms with Gasteiger partial charge in [-0.15, -0.1) is 0 Å². The number of aryl methyl sites for hydroxylation is 1. The highest BCUT2D eigenvalue weighted by Gasteiger charge is 2.17. The van der Waals surface area contributed by atoms with Crippen molar-refractivity contribution in [3.63, 3.8) is 0 Å². The first-order chi connectivity index (χ1) is 9.70. The van der Waals surface area contributed by atoms with E-state index < -0.39 is 0 Å². The van der Waals surface area contributed by atoms with Gasteiger partial charge in [-0.25, -0.2) is 4.98 Å². The normalized spacial score (nSPS) is 15.7. The second-order valence-electron chi connectivity index (χ2n) is 5.59. The fourth-order valence-electron chi connectivity index (χ4n) is 2.82. The largest absolute Gasteiger partial charge is 0.353 e. The number of anilines is 1. The van der Waals surface area contributed by atoms with Crippen molar-refractivity contribution in [1.82, 2.24) is 9.55 Å². The fraction of sp³-hybridized carbons (Fsp3) is 0.438. The fourth-order valence-corrected chi connectivity index (χ4v) is 3.09. The van der Waals surface area contributed by atoms with Gasteiger partial charge in [0.25, 0.3) is 0 Å². The molecule has 0 spiro atoms. The van der Waals surface area contributed by atoms with Gasteiger partial charge in [-0.3, -0.25) is 0 Å². The molecule has 1 aromatic heterocycles. The first-order valence-corrected chi connectivity index (χ1v) is 8.05. The number of hydrogen-bond acceptors (Lipinski definition) is 2. The molecule has 106 valence electrons. The molecule has 20 heavy (non-hydrogen) atoms. The minimum absolute atomic E-state index is 0.598. The first kappa shape index (κ1) is 13.7. The maximum atomic E-state index is 4.63. The molecule has 2 aromatic rings. The van der Waals surface area contributed by atoms with Crippen molar-refractivity contribution >= 4 is 21.9 Å². The SMILES string of the molecule is Cc1cn(Cc2ccc(Br)cc2)c(NC2CCCC2)n1. The van der Waals surface area contributed by atoms with Crippen LogP contribution in [0, 0.1) is 6.92 Å². The predicted octanol–water partition coefficient (Wildman–Crippen LogP) is 4.36. The first-order valence-electron chi connectivity index (χ1n) is 7.25. The summed E-state index contributed by atoms with van der Waals surface area (Å²) in [5.41, 5.74) is 2.36. The van der Waals surface area contributed by atoms with Crippen LogP contribution >= 0.6 is 15.9 Å². The van der Waals surface area contributed by atoms with E-state index in [1.165, 1.54) is 31.2 Å². The molecule has 0 atom stereocenters. The summed E-state index contributed by atoms with van der Waals surface area (Å²) in [5, 5.41) is 3.60. The average molecular weight is 334 g/mol. The maximum absolute atomic E-state index is 4.63. The topological polar surface area (TPSA) is 29.9 Å². The molecule has 1 heterocycles. The van der Waals surface area contributed by atoms with E-state index >= 15 is 0 Å². The van der Waals surface area contributed by atoms with Crippen LogP contribution in [0.2, 0.25) is 0 Å². The summed E-state index contributed by atoms with van der Waals surface area (Å²) in [5.74, 6) is 1.01. The van der Waals surface area contributed by atoms with Crippen molar-refractivity contribution in [1.29, 1.82) is 0 Å². The summed E-state index contributed by atoms with van der Waals surface area (Å²) < 4.78 is 3.34. The zero-order chi connectivity index (χ0) is 13.9. The Labute approximate surface area is 128 Å². The van der Waals surface area contributed by atoms with Crippen LogP contribution in [0.15, 0.2) is 34.9 Å².